The Labute approximate surface area is 124 Å². The number of aliphatic carboxylic acids is 1. The van der Waals surface area contributed by atoms with E-state index in [0.717, 1.165) is 10.6 Å². The van der Waals surface area contributed by atoms with E-state index >= 15 is 0 Å². The fourth-order valence-electron chi connectivity index (χ4n) is 2.49. The number of hydrogen-bond acceptors (Lipinski definition) is 5. The van der Waals surface area contributed by atoms with E-state index in [4.69, 9.17) is 9.52 Å². The lowest BCUT2D eigenvalue weighted by Gasteiger charge is -2.10. The molecule has 1 aliphatic rings. The highest BCUT2D eigenvalue weighted by molar-refractivity contribution is 7.13. The number of nitrogens with zero attached hydrogens (tertiary/aromatic N) is 1. The summed E-state index contributed by atoms with van der Waals surface area (Å²) < 4.78 is 4.99. The van der Waals surface area contributed by atoms with Crippen LogP contribution < -0.4 is 5.32 Å². The van der Waals surface area contributed by atoms with Gasteiger partial charge >= 0.3 is 5.97 Å². The van der Waals surface area contributed by atoms with Crippen molar-refractivity contribution in [3.63, 3.8) is 0 Å². The number of hydrogen-bond donors (Lipinski definition) is 2. The van der Waals surface area contributed by atoms with Gasteiger partial charge in [0.25, 0.3) is 5.91 Å². The van der Waals surface area contributed by atoms with Crippen LogP contribution in [-0.4, -0.2) is 28.0 Å². The Morgan fingerprint density at radius 1 is 1.43 bits per heavy atom. The molecular weight excluding hydrogens is 292 g/mol. The van der Waals surface area contributed by atoms with E-state index in [1.54, 1.807) is 24.0 Å². The van der Waals surface area contributed by atoms with Crippen molar-refractivity contribution in [2.45, 2.75) is 25.3 Å². The lowest BCUT2D eigenvalue weighted by atomic mass is 10.1. The number of carbonyl (C=O) groups is 2. The Balaban J connectivity index is 1.63. The second-order valence-corrected chi connectivity index (χ2v) is 5.93. The number of carboxylic acid groups (broad SMARTS) is 1. The number of carbonyl (C=O) groups excluding carboxylic acids is 1. The maximum absolute atomic E-state index is 12.1. The predicted molar refractivity (Wildman–Crippen MR) is 76.0 cm³/mol. The van der Waals surface area contributed by atoms with Crippen molar-refractivity contribution in [1.82, 2.24) is 10.3 Å². The van der Waals surface area contributed by atoms with E-state index < -0.39 is 5.97 Å². The summed E-state index contributed by atoms with van der Waals surface area (Å²) >= 11 is 1.37. The number of carboxylic acids is 1. The molecule has 0 radical (unpaired) electrons. The molecule has 7 heteroatoms. The van der Waals surface area contributed by atoms with E-state index in [1.807, 2.05) is 0 Å². The topological polar surface area (TPSA) is 92.4 Å². The maximum Gasteiger partial charge on any atom is 0.306 e. The lowest BCUT2D eigenvalue weighted by molar-refractivity contribution is -0.141. The summed E-state index contributed by atoms with van der Waals surface area (Å²) in [6.45, 7) is 0. The molecule has 0 bridgehead atoms. The van der Waals surface area contributed by atoms with Crippen LogP contribution in [0.1, 0.15) is 29.8 Å². The highest BCUT2D eigenvalue weighted by Crippen LogP contribution is 2.27. The van der Waals surface area contributed by atoms with Crippen LogP contribution in [0.15, 0.2) is 28.4 Å². The van der Waals surface area contributed by atoms with Crippen LogP contribution in [0.4, 0.5) is 0 Å². The predicted octanol–water partition coefficient (Wildman–Crippen LogP) is 2.39. The van der Waals surface area contributed by atoms with Crippen LogP contribution in [-0.2, 0) is 4.79 Å². The molecule has 0 saturated heterocycles. The first-order valence-electron chi connectivity index (χ1n) is 6.65. The Morgan fingerprint density at radius 3 is 2.95 bits per heavy atom. The molecule has 0 unspecified atom stereocenters. The summed E-state index contributed by atoms with van der Waals surface area (Å²) in [7, 11) is 0. The van der Waals surface area contributed by atoms with Crippen LogP contribution in [0, 0.1) is 5.92 Å². The first-order chi connectivity index (χ1) is 10.1. The standard InChI is InChI=1S/C14H14N2O4S/c17-12(15-10-2-1-8(5-10)14(18)19)11-7-21-13(16-11)9-3-4-20-6-9/h3-4,6-8,10H,1-2,5H2,(H,15,17)(H,18,19)/t8-,10+/m1/s1. The highest BCUT2D eigenvalue weighted by Gasteiger charge is 2.31. The Hall–Kier alpha value is -2.15. The summed E-state index contributed by atoms with van der Waals surface area (Å²) in [4.78, 5) is 27.3. The normalized spacial score (nSPS) is 21.3. The van der Waals surface area contributed by atoms with Gasteiger partial charge in [-0.15, -0.1) is 11.3 Å². The minimum Gasteiger partial charge on any atom is -0.481 e. The molecule has 110 valence electrons. The van der Waals surface area contributed by atoms with Crippen molar-refractivity contribution in [2.75, 3.05) is 0 Å². The summed E-state index contributed by atoms with van der Waals surface area (Å²) in [5, 5.41) is 14.2. The highest BCUT2D eigenvalue weighted by atomic mass is 32.1. The van der Waals surface area contributed by atoms with Gasteiger partial charge in [-0.25, -0.2) is 4.98 Å². The zero-order chi connectivity index (χ0) is 14.8. The maximum atomic E-state index is 12.1. The van der Waals surface area contributed by atoms with E-state index in [-0.39, 0.29) is 17.9 Å². The van der Waals surface area contributed by atoms with Gasteiger partial charge in [-0.2, -0.15) is 0 Å². The van der Waals surface area contributed by atoms with Gasteiger partial charge < -0.3 is 14.8 Å². The molecule has 21 heavy (non-hydrogen) atoms. The van der Waals surface area contributed by atoms with E-state index in [9.17, 15) is 9.59 Å². The van der Waals surface area contributed by atoms with Crippen LogP contribution in [0.2, 0.25) is 0 Å². The first-order valence-corrected chi connectivity index (χ1v) is 7.53. The Bertz CT molecular complexity index is 650. The van der Waals surface area contributed by atoms with Crippen molar-refractivity contribution < 1.29 is 19.1 Å². The number of furan rings is 1. The molecule has 6 nitrogen and oxygen atoms in total. The molecule has 2 heterocycles. The molecule has 0 aliphatic heterocycles. The monoisotopic (exact) mass is 306 g/mol. The first kappa shape index (κ1) is 13.8. The van der Waals surface area contributed by atoms with Crippen molar-refractivity contribution in [3.05, 3.63) is 29.7 Å². The van der Waals surface area contributed by atoms with Gasteiger partial charge in [0.05, 0.1) is 12.2 Å². The summed E-state index contributed by atoms with van der Waals surface area (Å²) in [6, 6.07) is 1.70. The van der Waals surface area contributed by atoms with Crippen molar-refractivity contribution in [1.29, 1.82) is 0 Å². The number of aromatic nitrogens is 1. The molecule has 2 aromatic rings. The molecule has 0 aromatic carbocycles. The lowest BCUT2D eigenvalue weighted by Crippen LogP contribution is -2.33. The van der Waals surface area contributed by atoms with Crippen molar-refractivity contribution in [3.8, 4) is 10.6 Å². The van der Waals surface area contributed by atoms with Crippen LogP contribution in [0.25, 0.3) is 10.6 Å². The second-order valence-electron chi connectivity index (χ2n) is 5.07. The van der Waals surface area contributed by atoms with Gasteiger partial charge in [-0.05, 0) is 25.3 Å². The van der Waals surface area contributed by atoms with Crippen molar-refractivity contribution >= 4 is 23.2 Å². The quantitative estimate of drug-likeness (QED) is 0.904. The molecular formula is C14H14N2O4S. The summed E-state index contributed by atoms with van der Waals surface area (Å²) in [6.07, 6.45) is 4.93. The van der Waals surface area contributed by atoms with Crippen LogP contribution >= 0.6 is 11.3 Å². The number of rotatable bonds is 4. The smallest absolute Gasteiger partial charge is 0.306 e. The fraction of sp³-hybridized carbons (Fsp3) is 0.357. The van der Waals surface area contributed by atoms with E-state index in [1.165, 1.54) is 11.3 Å². The van der Waals surface area contributed by atoms with Gasteiger partial charge in [0.2, 0.25) is 0 Å². The third-order valence-corrected chi connectivity index (χ3v) is 4.51. The summed E-state index contributed by atoms with van der Waals surface area (Å²) in [5.41, 5.74) is 1.20. The van der Waals surface area contributed by atoms with Crippen LogP contribution in [0.5, 0.6) is 0 Å². The largest absolute Gasteiger partial charge is 0.481 e. The average molecular weight is 306 g/mol. The number of nitrogens with one attached hydrogen (secondary N) is 1. The molecule has 0 spiro atoms. The SMILES string of the molecule is O=C(N[C@H]1CC[C@@H](C(=O)O)C1)c1csc(-c2ccoc2)n1. The number of thiazole rings is 1. The number of amides is 1. The zero-order valence-corrected chi connectivity index (χ0v) is 11.9. The van der Waals surface area contributed by atoms with Gasteiger partial charge in [0, 0.05) is 17.0 Å². The molecule has 3 rings (SSSR count). The molecule has 1 saturated carbocycles. The minimum atomic E-state index is -0.789. The molecule has 1 aliphatic carbocycles. The van der Waals surface area contributed by atoms with Crippen LogP contribution in [0.3, 0.4) is 0 Å². The van der Waals surface area contributed by atoms with Gasteiger partial charge in [-0.1, -0.05) is 0 Å². The average Bonchev–Trinajstić information content (AvgIpc) is 3.19. The zero-order valence-electron chi connectivity index (χ0n) is 11.1. The van der Waals surface area contributed by atoms with Gasteiger partial charge in [0.1, 0.15) is 17.0 Å². The van der Waals surface area contributed by atoms with Gasteiger partial charge in [0.15, 0.2) is 0 Å². The third kappa shape index (κ3) is 2.97. The van der Waals surface area contributed by atoms with E-state index in [2.05, 4.69) is 10.3 Å². The van der Waals surface area contributed by atoms with E-state index in [0.29, 0.717) is 25.0 Å². The second kappa shape index (κ2) is 5.69. The molecule has 2 aromatic heterocycles. The Kier molecular flexibility index (Phi) is 3.74. The third-order valence-electron chi connectivity index (χ3n) is 3.62. The molecule has 2 N–H and O–H groups in total. The summed E-state index contributed by atoms with van der Waals surface area (Å²) in [5.74, 6) is -1.40. The minimum absolute atomic E-state index is 0.0855. The Morgan fingerprint density at radius 2 is 2.29 bits per heavy atom. The molecule has 1 fully saturated rings. The fourth-order valence-corrected chi connectivity index (χ4v) is 3.28. The molecule has 1 amide bonds. The van der Waals surface area contributed by atoms with Gasteiger partial charge in [-0.3, -0.25) is 9.59 Å². The van der Waals surface area contributed by atoms with Crippen molar-refractivity contribution in [2.24, 2.45) is 5.92 Å². The molecule has 2 atom stereocenters.